The molecule has 0 heterocycles. The maximum atomic E-state index is 11.3. The van der Waals surface area contributed by atoms with E-state index in [0.29, 0.717) is 11.1 Å². The van der Waals surface area contributed by atoms with Crippen molar-refractivity contribution in [2.75, 3.05) is 0 Å². The van der Waals surface area contributed by atoms with E-state index >= 15 is 0 Å². The molecule has 0 unspecified atom stereocenters. The van der Waals surface area contributed by atoms with Crippen LogP contribution < -0.4 is 10.9 Å². The van der Waals surface area contributed by atoms with Gasteiger partial charge in [0.15, 0.2) is 0 Å². The number of carbonyl (C=O) groups is 1. The Hall–Kier alpha value is -2.18. The number of nitrogens with two attached hydrogens (primary N) is 2. The summed E-state index contributed by atoms with van der Waals surface area (Å²) in [5.74, 6) is -0.604. The van der Waals surface area contributed by atoms with E-state index in [1.54, 1.807) is 24.3 Å². The van der Waals surface area contributed by atoms with Gasteiger partial charge in [-0.05, 0) is 35.4 Å². The molecule has 6 heteroatoms. The van der Waals surface area contributed by atoms with Gasteiger partial charge >= 0.3 is 0 Å². The standard InChI is InChI=1S/C13H11N2O3S/c14-13(16)12-7-2-1-6-11(12)9-4-3-5-10(8-9)19(15,17)18/h1,3-8H,(H2,14,16)(H2,15,17,18). The highest BCUT2D eigenvalue weighted by molar-refractivity contribution is 7.89. The summed E-state index contributed by atoms with van der Waals surface area (Å²) in [5, 5.41) is 5.08. The third-order valence-electron chi connectivity index (χ3n) is 2.60. The highest BCUT2D eigenvalue weighted by Crippen LogP contribution is 2.25. The lowest BCUT2D eigenvalue weighted by atomic mass is 9.99. The lowest BCUT2D eigenvalue weighted by Gasteiger charge is -2.07. The summed E-state index contributed by atoms with van der Waals surface area (Å²) in [4.78, 5) is 11.3. The molecule has 19 heavy (non-hydrogen) atoms. The van der Waals surface area contributed by atoms with Crippen LogP contribution in [0, 0.1) is 6.07 Å². The van der Waals surface area contributed by atoms with Crippen LogP contribution in [0.1, 0.15) is 10.4 Å². The molecule has 97 valence electrons. The van der Waals surface area contributed by atoms with Crippen molar-refractivity contribution in [2.45, 2.75) is 4.90 Å². The number of primary amides is 1. The van der Waals surface area contributed by atoms with Crippen LogP contribution in [0.3, 0.4) is 0 Å². The van der Waals surface area contributed by atoms with Gasteiger partial charge in [-0.1, -0.05) is 24.3 Å². The van der Waals surface area contributed by atoms with Crippen molar-refractivity contribution in [1.29, 1.82) is 0 Å². The molecule has 0 aromatic heterocycles. The molecule has 1 radical (unpaired) electrons. The van der Waals surface area contributed by atoms with E-state index in [1.165, 1.54) is 18.2 Å². The van der Waals surface area contributed by atoms with E-state index < -0.39 is 15.9 Å². The molecule has 0 saturated carbocycles. The zero-order valence-corrected chi connectivity index (χ0v) is 10.6. The molecule has 0 aliphatic heterocycles. The largest absolute Gasteiger partial charge is 0.366 e. The Bertz CT molecular complexity index is 739. The summed E-state index contributed by atoms with van der Waals surface area (Å²) in [6, 6.07) is 13.5. The fourth-order valence-electron chi connectivity index (χ4n) is 1.73. The number of rotatable bonds is 3. The molecule has 0 bridgehead atoms. The van der Waals surface area contributed by atoms with Crippen LogP contribution in [-0.4, -0.2) is 14.3 Å². The second-order valence-corrected chi connectivity index (χ2v) is 5.47. The van der Waals surface area contributed by atoms with Gasteiger partial charge in [0, 0.05) is 5.56 Å². The molecule has 5 nitrogen and oxygen atoms in total. The Morgan fingerprint density at radius 3 is 2.58 bits per heavy atom. The molecule has 0 fully saturated rings. The number of sulfonamides is 1. The first-order chi connectivity index (χ1) is 8.89. The minimum Gasteiger partial charge on any atom is -0.366 e. The summed E-state index contributed by atoms with van der Waals surface area (Å²) < 4.78 is 22.6. The maximum Gasteiger partial charge on any atom is 0.249 e. The molecule has 0 atom stereocenters. The number of benzene rings is 2. The van der Waals surface area contributed by atoms with Gasteiger partial charge in [-0.2, -0.15) is 0 Å². The summed E-state index contributed by atoms with van der Waals surface area (Å²) in [6.07, 6.45) is 0. The summed E-state index contributed by atoms with van der Waals surface area (Å²) in [6.45, 7) is 0. The minimum atomic E-state index is -3.79. The summed E-state index contributed by atoms with van der Waals surface area (Å²) in [7, 11) is -3.79. The average Bonchev–Trinajstić information content (AvgIpc) is 2.38. The molecular weight excluding hydrogens is 264 g/mol. The first-order valence-corrected chi connectivity index (χ1v) is 6.87. The smallest absolute Gasteiger partial charge is 0.249 e. The van der Waals surface area contributed by atoms with Crippen LogP contribution in [0.15, 0.2) is 47.4 Å². The van der Waals surface area contributed by atoms with Crippen molar-refractivity contribution in [1.82, 2.24) is 0 Å². The van der Waals surface area contributed by atoms with E-state index in [0.717, 1.165) is 0 Å². The van der Waals surface area contributed by atoms with Crippen molar-refractivity contribution >= 4 is 15.9 Å². The van der Waals surface area contributed by atoms with E-state index in [1.807, 2.05) is 0 Å². The molecule has 0 saturated heterocycles. The Kier molecular flexibility index (Phi) is 3.37. The minimum absolute atomic E-state index is 0.0201. The molecule has 2 aromatic rings. The third-order valence-corrected chi connectivity index (χ3v) is 3.51. The fraction of sp³-hybridized carbons (Fsp3) is 0. The zero-order chi connectivity index (χ0) is 14.0. The van der Waals surface area contributed by atoms with Crippen molar-refractivity contribution in [3.8, 4) is 11.1 Å². The van der Waals surface area contributed by atoms with Crippen LogP contribution in [-0.2, 0) is 10.0 Å². The number of carbonyl (C=O) groups excluding carboxylic acids is 1. The van der Waals surface area contributed by atoms with Gasteiger partial charge < -0.3 is 5.73 Å². The molecule has 1 amide bonds. The third kappa shape index (κ3) is 2.81. The van der Waals surface area contributed by atoms with Crippen LogP contribution in [0.2, 0.25) is 0 Å². The molecule has 4 N–H and O–H groups in total. The predicted octanol–water partition coefficient (Wildman–Crippen LogP) is 0.900. The first kappa shape index (κ1) is 13.3. The fourth-order valence-corrected chi connectivity index (χ4v) is 2.29. The molecule has 2 rings (SSSR count). The van der Waals surface area contributed by atoms with Crippen LogP contribution >= 0.6 is 0 Å². The first-order valence-electron chi connectivity index (χ1n) is 5.33. The Balaban J connectivity index is 2.64. The second-order valence-electron chi connectivity index (χ2n) is 3.91. The van der Waals surface area contributed by atoms with Gasteiger partial charge in [-0.15, -0.1) is 0 Å². The second kappa shape index (κ2) is 4.83. The van der Waals surface area contributed by atoms with Crippen LogP contribution in [0.25, 0.3) is 11.1 Å². The van der Waals surface area contributed by atoms with E-state index in [-0.39, 0.29) is 10.5 Å². The van der Waals surface area contributed by atoms with Crippen molar-refractivity contribution in [3.63, 3.8) is 0 Å². The van der Waals surface area contributed by atoms with E-state index in [4.69, 9.17) is 10.9 Å². The molecule has 0 spiro atoms. The molecule has 0 aliphatic rings. The highest BCUT2D eigenvalue weighted by Gasteiger charge is 2.12. The topological polar surface area (TPSA) is 103 Å². The monoisotopic (exact) mass is 275 g/mol. The number of amides is 1. The van der Waals surface area contributed by atoms with Crippen LogP contribution in [0.4, 0.5) is 0 Å². The van der Waals surface area contributed by atoms with Gasteiger partial charge in [0.05, 0.1) is 4.90 Å². The Morgan fingerprint density at radius 1 is 1.21 bits per heavy atom. The highest BCUT2D eigenvalue weighted by atomic mass is 32.2. The van der Waals surface area contributed by atoms with Gasteiger partial charge in [0.2, 0.25) is 15.9 Å². The summed E-state index contributed by atoms with van der Waals surface area (Å²) in [5.41, 5.74) is 6.64. The predicted molar refractivity (Wildman–Crippen MR) is 70.6 cm³/mol. The molecular formula is C13H11N2O3S. The lowest BCUT2D eigenvalue weighted by Crippen LogP contribution is -2.13. The van der Waals surface area contributed by atoms with Gasteiger partial charge in [0.25, 0.3) is 0 Å². The zero-order valence-electron chi connectivity index (χ0n) is 9.83. The van der Waals surface area contributed by atoms with Crippen molar-refractivity contribution in [3.05, 3.63) is 54.1 Å². The number of hydrogen-bond acceptors (Lipinski definition) is 3. The SMILES string of the molecule is NC(=O)c1c[c]ccc1-c1cccc(S(N)(=O)=O)c1. The normalized spacial score (nSPS) is 11.2. The maximum absolute atomic E-state index is 11.3. The number of hydrogen-bond donors (Lipinski definition) is 2. The summed E-state index contributed by atoms with van der Waals surface area (Å²) >= 11 is 0. The van der Waals surface area contributed by atoms with Gasteiger partial charge in [-0.3, -0.25) is 4.79 Å². The number of primary sulfonamides is 1. The van der Waals surface area contributed by atoms with Crippen LogP contribution in [0.5, 0.6) is 0 Å². The van der Waals surface area contributed by atoms with E-state index in [9.17, 15) is 13.2 Å². The Labute approximate surface area is 110 Å². The van der Waals surface area contributed by atoms with E-state index in [2.05, 4.69) is 6.07 Å². The Morgan fingerprint density at radius 2 is 1.95 bits per heavy atom. The van der Waals surface area contributed by atoms with Crippen molar-refractivity contribution < 1.29 is 13.2 Å². The molecule has 0 aliphatic carbocycles. The van der Waals surface area contributed by atoms with Crippen molar-refractivity contribution in [2.24, 2.45) is 10.9 Å². The average molecular weight is 275 g/mol. The van der Waals surface area contributed by atoms with Gasteiger partial charge in [0.1, 0.15) is 0 Å². The molecule has 2 aromatic carbocycles. The van der Waals surface area contributed by atoms with Gasteiger partial charge in [-0.25, -0.2) is 13.6 Å². The quantitative estimate of drug-likeness (QED) is 0.869. The lowest BCUT2D eigenvalue weighted by molar-refractivity contribution is 0.100.